The maximum atomic E-state index is 8.91. The minimum Gasteiger partial charge on any atom is -0.396 e. The molecule has 0 unspecified atom stereocenters. The third-order valence-corrected chi connectivity index (χ3v) is 2.86. The molecule has 0 amide bonds. The highest BCUT2D eigenvalue weighted by Gasteiger charge is 2.14. The van der Waals surface area contributed by atoms with Crippen LogP contribution in [0.4, 0.5) is 5.69 Å². The van der Waals surface area contributed by atoms with Gasteiger partial charge in [-0.2, -0.15) is 10.4 Å². The largest absolute Gasteiger partial charge is 0.396 e. The number of pyridine rings is 1. The van der Waals surface area contributed by atoms with Gasteiger partial charge in [-0.25, -0.2) is 9.67 Å². The first-order chi connectivity index (χ1) is 8.71. The minimum atomic E-state index is 0.564. The Balaban J connectivity index is 2.59. The summed E-state index contributed by atoms with van der Waals surface area (Å²) in [6.45, 7) is 4.04. The van der Waals surface area contributed by atoms with E-state index in [0.717, 1.165) is 29.9 Å². The van der Waals surface area contributed by atoms with Gasteiger partial charge in [0.25, 0.3) is 0 Å². The number of hydrogen-bond donors (Lipinski definition) is 1. The number of rotatable bonds is 3. The van der Waals surface area contributed by atoms with Gasteiger partial charge in [-0.15, -0.1) is 0 Å². The molecule has 0 atom stereocenters. The summed E-state index contributed by atoms with van der Waals surface area (Å²) >= 11 is 0. The van der Waals surface area contributed by atoms with E-state index in [4.69, 9.17) is 11.0 Å². The summed E-state index contributed by atoms with van der Waals surface area (Å²) in [4.78, 5) is 4.25. The fourth-order valence-electron chi connectivity index (χ4n) is 1.91. The highest BCUT2D eigenvalue weighted by molar-refractivity contribution is 5.51. The Morgan fingerprint density at radius 3 is 2.78 bits per heavy atom. The van der Waals surface area contributed by atoms with Crippen molar-refractivity contribution in [2.24, 2.45) is 0 Å². The predicted octanol–water partition coefficient (Wildman–Crippen LogP) is 1.85. The van der Waals surface area contributed by atoms with Crippen molar-refractivity contribution in [3.63, 3.8) is 0 Å². The minimum absolute atomic E-state index is 0.564. The number of nitriles is 1. The lowest BCUT2D eigenvalue weighted by Crippen LogP contribution is -2.05. The zero-order chi connectivity index (χ0) is 13.1. The molecule has 2 aromatic rings. The Hall–Kier alpha value is -2.35. The molecule has 0 saturated carbocycles. The molecular weight excluding hydrogens is 226 g/mol. The fraction of sp³-hybridized carbons (Fsp3) is 0.308. The summed E-state index contributed by atoms with van der Waals surface area (Å²) in [7, 11) is 0. The van der Waals surface area contributed by atoms with Crippen LogP contribution >= 0.6 is 0 Å². The average Bonchev–Trinajstić information content (AvgIpc) is 2.75. The number of anilines is 1. The maximum absolute atomic E-state index is 8.91. The zero-order valence-electron chi connectivity index (χ0n) is 10.5. The first-order valence-corrected chi connectivity index (χ1v) is 5.94. The van der Waals surface area contributed by atoms with Crippen molar-refractivity contribution in [2.45, 2.75) is 26.7 Å². The molecule has 92 valence electrons. The van der Waals surface area contributed by atoms with Gasteiger partial charge in [-0.3, -0.25) is 0 Å². The SMILES string of the molecule is CCc1nn(-c2cc(C#N)ccn2)c(CC)c1N. The van der Waals surface area contributed by atoms with Gasteiger partial charge in [0, 0.05) is 12.3 Å². The number of nitrogen functional groups attached to an aromatic ring is 1. The summed E-state index contributed by atoms with van der Waals surface area (Å²) in [6.07, 6.45) is 3.16. The quantitative estimate of drug-likeness (QED) is 0.889. The molecule has 0 aliphatic carbocycles. The average molecular weight is 241 g/mol. The molecule has 2 rings (SSSR count). The summed E-state index contributed by atoms with van der Waals surface area (Å²) < 4.78 is 1.73. The first-order valence-electron chi connectivity index (χ1n) is 5.94. The molecule has 0 fully saturated rings. The lowest BCUT2D eigenvalue weighted by Gasteiger charge is -2.05. The van der Waals surface area contributed by atoms with Crippen molar-refractivity contribution in [3.05, 3.63) is 35.3 Å². The normalized spacial score (nSPS) is 10.3. The van der Waals surface area contributed by atoms with Crippen molar-refractivity contribution >= 4 is 5.69 Å². The number of hydrogen-bond acceptors (Lipinski definition) is 4. The van der Waals surface area contributed by atoms with Crippen molar-refractivity contribution in [2.75, 3.05) is 5.73 Å². The second-order valence-corrected chi connectivity index (χ2v) is 3.94. The summed E-state index contributed by atoms with van der Waals surface area (Å²) in [5, 5.41) is 13.4. The Labute approximate surface area is 106 Å². The first kappa shape index (κ1) is 12.1. The highest BCUT2D eigenvalue weighted by atomic mass is 15.3. The van der Waals surface area contributed by atoms with Crippen LogP contribution in [0.25, 0.3) is 5.82 Å². The molecule has 0 bridgehead atoms. The maximum Gasteiger partial charge on any atom is 0.154 e. The van der Waals surface area contributed by atoms with Crippen molar-refractivity contribution < 1.29 is 0 Å². The lowest BCUT2D eigenvalue weighted by molar-refractivity contribution is 0.772. The molecule has 0 spiro atoms. The van der Waals surface area contributed by atoms with E-state index >= 15 is 0 Å². The highest BCUT2D eigenvalue weighted by Crippen LogP contribution is 2.21. The Kier molecular flexibility index (Phi) is 3.28. The molecule has 2 heterocycles. The zero-order valence-corrected chi connectivity index (χ0v) is 10.5. The van der Waals surface area contributed by atoms with Gasteiger partial charge in [0.1, 0.15) is 0 Å². The van der Waals surface area contributed by atoms with Crippen LogP contribution in [0.3, 0.4) is 0 Å². The van der Waals surface area contributed by atoms with Crippen LogP contribution in [0.1, 0.15) is 30.8 Å². The molecule has 0 aromatic carbocycles. The van der Waals surface area contributed by atoms with Gasteiger partial charge >= 0.3 is 0 Å². The van der Waals surface area contributed by atoms with Crippen molar-refractivity contribution in [3.8, 4) is 11.9 Å². The van der Waals surface area contributed by atoms with E-state index in [0.29, 0.717) is 11.4 Å². The number of nitrogens with zero attached hydrogens (tertiary/aromatic N) is 4. The number of nitrogens with two attached hydrogens (primary N) is 1. The summed E-state index contributed by atoms with van der Waals surface area (Å²) in [5.74, 6) is 0.636. The Bertz CT molecular complexity index is 606. The fourth-order valence-corrected chi connectivity index (χ4v) is 1.91. The van der Waals surface area contributed by atoms with E-state index in [-0.39, 0.29) is 0 Å². The van der Waals surface area contributed by atoms with Gasteiger partial charge in [0.05, 0.1) is 28.7 Å². The van der Waals surface area contributed by atoms with Gasteiger partial charge in [-0.05, 0) is 18.9 Å². The Morgan fingerprint density at radius 2 is 2.17 bits per heavy atom. The summed E-state index contributed by atoms with van der Waals surface area (Å²) in [6, 6.07) is 5.48. The molecule has 18 heavy (non-hydrogen) atoms. The van der Waals surface area contributed by atoms with Crippen molar-refractivity contribution in [1.29, 1.82) is 5.26 Å². The van der Waals surface area contributed by atoms with E-state index in [1.165, 1.54) is 0 Å². The summed E-state index contributed by atoms with van der Waals surface area (Å²) in [5.41, 5.74) is 9.16. The van der Waals surface area contributed by atoms with E-state index in [1.807, 2.05) is 13.8 Å². The third kappa shape index (κ3) is 1.93. The topological polar surface area (TPSA) is 80.5 Å². The molecule has 5 nitrogen and oxygen atoms in total. The molecule has 5 heteroatoms. The lowest BCUT2D eigenvalue weighted by atomic mass is 10.2. The van der Waals surface area contributed by atoms with E-state index in [1.54, 1.807) is 23.0 Å². The smallest absolute Gasteiger partial charge is 0.154 e. The number of aryl methyl sites for hydroxylation is 1. The van der Waals surface area contributed by atoms with Crippen molar-refractivity contribution in [1.82, 2.24) is 14.8 Å². The van der Waals surface area contributed by atoms with Gasteiger partial charge in [0.15, 0.2) is 5.82 Å². The molecule has 0 aliphatic rings. The predicted molar refractivity (Wildman–Crippen MR) is 69.2 cm³/mol. The molecule has 0 radical (unpaired) electrons. The van der Waals surface area contributed by atoms with Crippen LogP contribution in [0.15, 0.2) is 18.3 Å². The molecule has 0 saturated heterocycles. The number of aromatic nitrogens is 3. The van der Waals surface area contributed by atoms with Crippen LogP contribution < -0.4 is 5.73 Å². The monoisotopic (exact) mass is 241 g/mol. The van der Waals surface area contributed by atoms with Crippen LogP contribution in [0.2, 0.25) is 0 Å². The standard InChI is InChI=1S/C13H15N5/c1-3-10-13(15)11(4-2)18(17-10)12-7-9(8-14)5-6-16-12/h5-7H,3-4,15H2,1-2H3. The van der Waals surface area contributed by atoms with Crippen LogP contribution in [-0.2, 0) is 12.8 Å². The van der Waals surface area contributed by atoms with Gasteiger partial charge in [-0.1, -0.05) is 13.8 Å². The Morgan fingerprint density at radius 1 is 1.39 bits per heavy atom. The van der Waals surface area contributed by atoms with Crippen LogP contribution in [0, 0.1) is 11.3 Å². The molecular formula is C13H15N5. The molecule has 2 aromatic heterocycles. The van der Waals surface area contributed by atoms with Crippen LogP contribution in [0.5, 0.6) is 0 Å². The van der Waals surface area contributed by atoms with E-state index in [9.17, 15) is 0 Å². The third-order valence-electron chi connectivity index (χ3n) is 2.86. The molecule has 0 aliphatic heterocycles. The van der Waals surface area contributed by atoms with Crippen LogP contribution in [-0.4, -0.2) is 14.8 Å². The van der Waals surface area contributed by atoms with Gasteiger partial charge < -0.3 is 5.73 Å². The molecule has 2 N–H and O–H groups in total. The van der Waals surface area contributed by atoms with E-state index in [2.05, 4.69) is 16.2 Å². The van der Waals surface area contributed by atoms with E-state index < -0.39 is 0 Å². The second-order valence-electron chi connectivity index (χ2n) is 3.94. The second kappa shape index (κ2) is 4.88. The van der Waals surface area contributed by atoms with Gasteiger partial charge in [0.2, 0.25) is 0 Å².